The molecule has 0 spiro atoms. The minimum absolute atomic E-state index is 0.132. The Kier molecular flexibility index (Phi) is 5.83. The molecule has 0 aliphatic carbocycles. The zero-order valence-electron chi connectivity index (χ0n) is 17.4. The van der Waals surface area contributed by atoms with E-state index in [1.807, 2.05) is 36.4 Å². The molecule has 1 N–H and O–H groups in total. The summed E-state index contributed by atoms with van der Waals surface area (Å²) in [5, 5.41) is 6.95. The quantitative estimate of drug-likeness (QED) is 0.455. The van der Waals surface area contributed by atoms with Gasteiger partial charge in [0.2, 0.25) is 0 Å². The largest absolute Gasteiger partial charge is 0.416 e. The van der Waals surface area contributed by atoms with Gasteiger partial charge in [0.25, 0.3) is 11.5 Å². The topological polar surface area (TPSA) is 64.0 Å². The molecule has 0 aliphatic rings. The number of nitrogens with one attached hydrogen (secondary N) is 1. The maximum Gasteiger partial charge on any atom is 0.416 e. The van der Waals surface area contributed by atoms with E-state index in [1.54, 1.807) is 24.3 Å². The summed E-state index contributed by atoms with van der Waals surface area (Å²) < 4.78 is 39.6. The Bertz CT molecular complexity index is 1350. The van der Waals surface area contributed by atoms with Crippen LogP contribution < -0.4 is 10.9 Å². The molecule has 8 heteroatoms. The molecule has 1 amide bonds. The first-order valence-corrected chi connectivity index (χ1v) is 9.96. The molecule has 0 atom stereocenters. The Morgan fingerprint density at radius 3 is 1.94 bits per heavy atom. The highest BCUT2D eigenvalue weighted by atomic mass is 19.4. The van der Waals surface area contributed by atoms with Crippen LogP contribution in [-0.4, -0.2) is 15.7 Å². The predicted molar refractivity (Wildman–Crippen MR) is 120 cm³/mol. The Labute approximate surface area is 187 Å². The number of carbonyl (C=O) groups is 1. The van der Waals surface area contributed by atoms with Gasteiger partial charge in [0.15, 0.2) is 0 Å². The van der Waals surface area contributed by atoms with E-state index >= 15 is 0 Å². The zero-order chi connectivity index (χ0) is 23.6. The van der Waals surface area contributed by atoms with E-state index in [9.17, 15) is 22.8 Å². The van der Waals surface area contributed by atoms with Gasteiger partial charge in [-0.15, -0.1) is 0 Å². The van der Waals surface area contributed by atoms with Crippen LogP contribution >= 0.6 is 0 Å². The van der Waals surface area contributed by atoms with Crippen molar-refractivity contribution in [2.24, 2.45) is 7.05 Å². The summed E-state index contributed by atoms with van der Waals surface area (Å²) in [6, 6.07) is 22.0. The van der Waals surface area contributed by atoms with Crippen LogP contribution in [0.5, 0.6) is 0 Å². The number of benzene rings is 3. The van der Waals surface area contributed by atoms with Gasteiger partial charge < -0.3 is 5.32 Å². The number of halogens is 3. The van der Waals surface area contributed by atoms with Gasteiger partial charge in [0, 0.05) is 23.9 Å². The van der Waals surface area contributed by atoms with Gasteiger partial charge in [0.1, 0.15) is 5.56 Å². The van der Waals surface area contributed by atoms with Crippen molar-refractivity contribution in [3.8, 4) is 22.4 Å². The number of amides is 1. The van der Waals surface area contributed by atoms with Gasteiger partial charge in [0.05, 0.1) is 11.3 Å². The van der Waals surface area contributed by atoms with Crippen molar-refractivity contribution in [1.29, 1.82) is 0 Å². The molecule has 5 nitrogen and oxygen atoms in total. The normalized spacial score (nSPS) is 11.3. The van der Waals surface area contributed by atoms with Gasteiger partial charge >= 0.3 is 6.18 Å². The summed E-state index contributed by atoms with van der Waals surface area (Å²) in [4.78, 5) is 26.3. The number of hydrogen-bond acceptors (Lipinski definition) is 3. The third-order valence-corrected chi connectivity index (χ3v) is 5.05. The number of hydrogen-bond donors (Lipinski definition) is 1. The van der Waals surface area contributed by atoms with Gasteiger partial charge in [-0.3, -0.25) is 9.59 Å². The molecular weight excluding hydrogens is 431 g/mol. The van der Waals surface area contributed by atoms with Crippen LogP contribution in [0.15, 0.2) is 89.7 Å². The summed E-state index contributed by atoms with van der Waals surface area (Å²) in [6.45, 7) is 0. The summed E-state index contributed by atoms with van der Waals surface area (Å²) in [5.41, 5.74) is 0.602. The second-order valence-electron chi connectivity index (χ2n) is 7.29. The maximum atomic E-state index is 13.3. The Balaban J connectivity index is 1.86. The lowest BCUT2D eigenvalue weighted by atomic mass is 9.95. The number of carbonyl (C=O) groups excluding carboxylic acids is 1. The van der Waals surface area contributed by atoms with Crippen molar-refractivity contribution in [2.45, 2.75) is 6.18 Å². The second kappa shape index (κ2) is 8.74. The molecule has 0 bridgehead atoms. The zero-order valence-corrected chi connectivity index (χ0v) is 17.4. The average molecular weight is 449 g/mol. The molecule has 0 unspecified atom stereocenters. The van der Waals surface area contributed by atoms with E-state index in [-0.39, 0.29) is 11.3 Å². The fraction of sp³-hybridized carbons (Fsp3) is 0.0800. The summed E-state index contributed by atoms with van der Waals surface area (Å²) in [7, 11) is 1.44. The van der Waals surface area contributed by atoms with Crippen LogP contribution in [0.4, 0.5) is 18.9 Å². The molecule has 33 heavy (non-hydrogen) atoms. The SMILES string of the molecule is Cn1nc(-c2ccccc2)c(-c2ccccc2)c(C(=O)Nc2ccc(C(F)(F)F)cc2)c1=O. The lowest BCUT2D eigenvalue weighted by Gasteiger charge is -2.16. The van der Waals surface area contributed by atoms with Crippen molar-refractivity contribution >= 4 is 11.6 Å². The van der Waals surface area contributed by atoms with Crippen LogP contribution in [0.3, 0.4) is 0 Å². The molecule has 0 aliphatic heterocycles. The van der Waals surface area contributed by atoms with Crippen molar-refractivity contribution in [3.63, 3.8) is 0 Å². The van der Waals surface area contributed by atoms with Crippen LogP contribution in [-0.2, 0) is 13.2 Å². The van der Waals surface area contributed by atoms with Crippen LogP contribution in [0.25, 0.3) is 22.4 Å². The van der Waals surface area contributed by atoms with E-state index in [1.165, 1.54) is 7.05 Å². The van der Waals surface area contributed by atoms with E-state index in [4.69, 9.17) is 0 Å². The molecule has 0 fully saturated rings. The number of nitrogens with zero attached hydrogens (tertiary/aromatic N) is 2. The number of aryl methyl sites for hydroxylation is 1. The van der Waals surface area contributed by atoms with Gasteiger partial charge in [-0.05, 0) is 29.8 Å². The minimum Gasteiger partial charge on any atom is -0.322 e. The third kappa shape index (κ3) is 4.55. The molecule has 1 heterocycles. The molecule has 0 saturated heterocycles. The smallest absolute Gasteiger partial charge is 0.322 e. The molecule has 1 aromatic heterocycles. The third-order valence-electron chi connectivity index (χ3n) is 5.05. The molecular formula is C25H18F3N3O2. The molecule has 3 aromatic carbocycles. The molecule has 0 radical (unpaired) electrons. The highest BCUT2D eigenvalue weighted by molar-refractivity contribution is 6.10. The van der Waals surface area contributed by atoms with Crippen LogP contribution in [0.1, 0.15) is 15.9 Å². The predicted octanol–water partition coefficient (Wildman–Crippen LogP) is 5.39. The first-order valence-electron chi connectivity index (χ1n) is 9.96. The standard InChI is InChI=1S/C25H18F3N3O2/c1-31-24(33)21(23(32)29-19-14-12-18(13-15-19)25(26,27)28)20(16-8-4-2-5-9-16)22(30-31)17-10-6-3-7-11-17/h2-15H,1H3,(H,29,32). The number of rotatable bonds is 4. The highest BCUT2D eigenvalue weighted by Gasteiger charge is 2.30. The summed E-state index contributed by atoms with van der Waals surface area (Å²) in [6.07, 6.45) is -4.49. The average Bonchev–Trinajstić information content (AvgIpc) is 2.81. The van der Waals surface area contributed by atoms with Crippen molar-refractivity contribution in [1.82, 2.24) is 9.78 Å². The monoisotopic (exact) mass is 449 g/mol. The first-order chi connectivity index (χ1) is 15.8. The van der Waals surface area contributed by atoms with Crippen LogP contribution in [0.2, 0.25) is 0 Å². The molecule has 4 aromatic rings. The second-order valence-corrected chi connectivity index (χ2v) is 7.29. The minimum atomic E-state index is -4.49. The van der Waals surface area contributed by atoms with Gasteiger partial charge in [-0.25, -0.2) is 4.68 Å². The Morgan fingerprint density at radius 2 is 1.39 bits per heavy atom. The Morgan fingerprint density at radius 1 is 0.848 bits per heavy atom. The molecule has 166 valence electrons. The van der Waals surface area contributed by atoms with E-state index in [0.29, 0.717) is 22.4 Å². The lowest BCUT2D eigenvalue weighted by molar-refractivity contribution is -0.137. The van der Waals surface area contributed by atoms with Crippen molar-refractivity contribution < 1.29 is 18.0 Å². The van der Waals surface area contributed by atoms with E-state index < -0.39 is 23.2 Å². The maximum absolute atomic E-state index is 13.3. The van der Waals surface area contributed by atoms with Crippen LogP contribution in [0, 0.1) is 0 Å². The fourth-order valence-corrected chi connectivity index (χ4v) is 3.46. The lowest BCUT2D eigenvalue weighted by Crippen LogP contribution is -2.31. The molecule has 0 saturated carbocycles. The fourth-order valence-electron chi connectivity index (χ4n) is 3.46. The summed E-state index contributed by atoms with van der Waals surface area (Å²) in [5.74, 6) is -0.742. The molecule has 4 rings (SSSR count). The van der Waals surface area contributed by atoms with Crippen molar-refractivity contribution in [2.75, 3.05) is 5.32 Å². The summed E-state index contributed by atoms with van der Waals surface area (Å²) >= 11 is 0. The number of anilines is 1. The van der Waals surface area contributed by atoms with Gasteiger partial charge in [-0.1, -0.05) is 60.7 Å². The number of alkyl halides is 3. The van der Waals surface area contributed by atoms with E-state index in [0.717, 1.165) is 28.9 Å². The number of aromatic nitrogens is 2. The van der Waals surface area contributed by atoms with Crippen molar-refractivity contribution in [3.05, 3.63) is 106 Å². The first kappa shape index (κ1) is 22.0. The van der Waals surface area contributed by atoms with Gasteiger partial charge in [-0.2, -0.15) is 18.3 Å². The Hall–Kier alpha value is -4.20. The highest BCUT2D eigenvalue weighted by Crippen LogP contribution is 2.33. The van der Waals surface area contributed by atoms with E-state index in [2.05, 4.69) is 10.4 Å².